The molecular formula is C10H8BrIO. The van der Waals surface area contributed by atoms with Gasteiger partial charge < -0.3 is 4.74 Å². The minimum atomic E-state index is 0.135. The Morgan fingerprint density at radius 1 is 1.31 bits per heavy atom. The predicted octanol–water partition coefficient (Wildman–Crippen LogP) is 3.80. The summed E-state index contributed by atoms with van der Waals surface area (Å²) in [6, 6.07) is 10.3. The van der Waals surface area contributed by atoms with Crippen LogP contribution in [0.5, 0.6) is 0 Å². The Morgan fingerprint density at radius 2 is 2.00 bits per heavy atom. The van der Waals surface area contributed by atoms with Crippen LogP contribution in [-0.4, -0.2) is 6.61 Å². The molecule has 1 aromatic carbocycles. The van der Waals surface area contributed by atoms with Gasteiger partial charge >= 0.3 is 0 Å². The lowest BCUT2D eigenvalue weighted by Crippen LogP contribution is -1.96. The fourth-order valence-corrected chi connectivity index (χ4v) is 2.35. The lowest BCUT2D eigenvalue weighted by atomic mass is 10.1. The van der Waals surface area contributed by atoms with Gasteiger partial charge in [0.15, 0.2) is 0 Å². The summed E-state index contributed by atoms with van der Waals surface area (Å²) in [5, 5.41) is 0. The molecule has 0 saturated heterocycles. The molecule has 0 radical (unpaired) electrons. The van der Waals surface area contributed by atoms with Crippen molar-refractivity contribution in [2.24, 2.45) is 0 Å². The summed E-state index contributed by atoms with van der Waals surface area (Å²) in [5.74, 6) is 0. The largest absolute Gasteiger partial charge is 0.363 e. The van der Waals surface area contributed by atoms with Crippen molar-refractivity contribution in [3.05, 3.63) is 44.0 Å². The fourth-order valence-electron chi connectivity index (χ4n) is 1.31. The van der Waals surface area contributed by atoms with E-state index in [-0.39, 0.29) is 6.10 Å². The Kier molecular flexibility index (Phi) is 3.06. The number of hydrogen-bond donors (Lipinski definition) is 0. The number of hydrogen-bond acceptors (Lipinski definition) is 1. The van der Waals surface area contributed by atoms with E-state index in [1.807, 2.05) is 18.2 Å². The van der Waals surface area contributed by atoms with E-state index < -0.39 is 0 Å². The molecular weight excluding hydrogens is 343 g/mol. The van der Waals surface area contributed by atoms with Gasteiger partial charge in [0.1, 0.15) is 6.10 Å². The molecule has 68 valence electrons. The first-order valence-corrected chi connectivity index (χ1v) is 5.87. The van der Waals surface area contributed by atoms with Gasteiger partial charge in [-0.25, -0.2) is 0 Å². The SMILES string of the molecule is BrC1=C(I)C(c2ccccc2)OC1. The highest BCUT2D eigenvalue weighted by molar-refractivity contribution is 14.1. The van der Waals surface area contributed by atoms with E-state index in [0.29, 0.717) is 6.61 Å². The van der Waals surface area contributed by atoms with Crippen LogP contribution in [0.15, 0.2) is 38.4 Å². The zero-order valence-corrected chi connectivity index (χ0v) is 10.6. The highest BCUT2D eigenvalue weighted by atomic mass is 127. The van der Waals surface area contributed by atoms with E-state index in [2.05, 4.69) is 50.7 Å². The third kappa shape index (κ3) is 1.97. The summed E-state index contributed by atoms with van der Waals surface area (Å²) in [7, 11) is 0. The molecule has 2 rings (SSSR count). The fraction of sp³-hybridized carbons (Fsp3) is 0.200. The van der Waals surface area contributed by atoms with Crippen molar-refractivity contribution in [1.82, 2.24) is 0 Å². The van der Waals surface area contributed by atoms with E-state index in [1.165, 1.54) is 13.6 Å². The van der Waals surface area contributed by atoms with Crippen molar-refractivity contribution in [1.29, 1.82) is 0 Å². The molecule has 1 aliphatic rings. The van der Waals surface area contributed by atoms with Crippen LogP contribution >= 0.6 is 38.5 Å². The standard InChI is InChI=1S/C10H8BrIO/c11-8-6-13-10(9(8)12)7-4-2-1-3-5-7/h1-5,10H,6H2. The summed E-state index contributed by atoms with van der Waals surface area (Å²) < 4.78 is 8.06. The van der Waals surface area contributed by atoms with Crippen molar-refractivity contribution in [2.75, 3.05) is 6.61 Å². The van der Waals surface area contributed by atoms with E-state index in [9.17, 15) is 0 Å². The third-order valence-corrected chi connectivity index (χ3v) is 4.58. The molecule has 0 amide bonds. The Morgan fingerprint density at radius 3 is 2.54 bits per heavy atom. The van der Waals surface area contributed by atoms with Gasteiger partial charge in [-0.3, -0.25) is 0 Å². The lowest BCUT2D eigenvalue weighted by Gasteiger charge is -2.10. The quantitative estimate of drug-likeness (QED) is 0.700. The maximum Gasteiger partial charge on any atom is 0.115 e. The van der Waals surface area contributed by atoms with Crippen LogP contribution in [0, 0.1) is 0 Å². The van der Waals surface area contributed by atoms with Crippen LogP contribution in [-0.2, 0) is 4.74 Å². The van der Waals surface area contributed by atoms with Gasteiger partial charge in [-0.1, -0.05) is 46.3 Å². The molecule has 0 saturated carbocycles. The van der Waals surface area contributed by atoms with Gasteiger partial charge in [-0.15, -0.1) is 0 Å². The van der Waals surface area contributed by atoms with E-state index in [1.54, 1.807) is 0 Å². The van der Waals surface area contributed by atoms with Gasteiger partial charge in [0.25, 0.3) is 0 Å². The maximum absolute atomic E-state index is 5.64. The second-order valence-electron chi connectivity index (χ2n) is 2.85. The van der Waals surface area contributed by atoms with Crippen LogP contribution < -0.4 is 0 Å². The predicted molar refractivity (Wildman–Crippen MR) is 65.1 cm³/mol. The average Bonchev–Trinajstić information content (AvgIpc) is 2.49. The Labute approximate surface area is 99.4 Å². The molecule has 1 aliphatic heterocycles. The van der Waals surface area contributed by atoms with Crippen LogP contribution in [0.25, 0.3) is 0 Å². The zero-order valence-electron chi connectivity index (χ0n) is 6.84. The number of benzene rings is 1. The zero-order chi connectivity index (χ0) is 9.26. The minimum absolute atomic E-state index is 0.135. The van der Waals surface area contributed by atoms with Gasteiger partial charge in [-0.2, -0.15) is 0 Å². The molecule has 0 aliphatic carbocycles. The van der Waals surface area contributed by atoms with Crippen molar-refractivity contribution >= 4 is 38.5 Å². The highest BCUT2D eigenvalue weighted by Gasteiger charge is 2.24. The van der Waals surface area contributed by atoms with Gasteiger partial charge in [-0.05, 0) is 28.2 Å². The van der Waals surface area contributed by atoms with Crippen LogP contribution in [0.3, 0.4) is 0 Å². The van der Waals surface area contributed by atoms with E-state index in [0.717, 1.165) is 0 Å². The molecule has 3 heteroatoms. The normalized spacial score (nSPS) is 22.5. The van der Waals surface area contributed by atoms with E-state index >= 15 is 0 Å². The number of rotatable bonds is 1. The first kappa shape index (κ1) is 9.68. The van der Waals surface area contributed by atoms with Crippen molar-refractivity contribution in [3.63, 3.8) is 0 Å². The summed E-state index contributed by atoms with van der Waals surface area (Å²) in [4.78, 5) is 0. The van der Waals surface area contributed by atoms with Crippen LogP contribution in [0.1, 0.15) is 11.7 Å². The van der Waals surface area contributed by atoms with Crippen molar-refractivity contribution in [2.45, 2.75) is 6.10 Å². The Bertz CT molecular complexity index is 334. The number of halogens is 2. The van der Waals surface area contributed by atoms with Gasteiger partial charge in [0, 0.05) is 8.06 Å². The minimum Gasteiger partial charge on any atom is -0.363 e. The molecule has 0 spiro atoms. The van der Waals surface area contributed by atoms with Crippen LogP contribution in [0.2, 0.25) is 0 Å². The van der Waals surface area contributed by atoms with Gasteiger partial charge in [0.05, 0.1) is 6.61 Å². The highest BCUT2D eigenvalue weighted by Crippen LogP contribution is 2.40. The first-order valence-electron chi connectivity index (χ1n) is 3.99. The molecule has 1 atom stereocenters. The third-order valence-electron chi connectivity index (χ3n) is 1.97. The monoisotopic (exact) mass is 350 g/mol. The van der Waals surface area contributed by atoms with Crippen LogP contribution in [0.4, 0.5) is 0 Å². The van der Waals surface area contributed by atoms with E-state index in [4.69, 9.17) is 4.74 Å². The molecule has 1 nitrogen and oxygen atoms in total. The molecule has 0 aromatic heterocycles. The Balaban J connectivity index is 2.30. The molecule has 1 heterocycles. The number of ether oxygens (including phenoxy) is 1. The smallest absolute Gasteiger partial charge is 0.115 e. The summed E-state index contributed by atoms with van der Waals surface area (Å²) in [5.41, 5.74) is 1.22. The second kappa shape index (κ2) is 4.11. The Hall–Kier alpha value is 0.130. The lowest BCUT2D eigenvalue weighted by molar-refractivity contribution is 0.128. The molecule has 1 unspecified atom stereocenters. The summed E-state index contributed by atoms with van der Waals surface area (Å²) >= 11 is 5.82. The maximum atomic E-state index is 5.64. The topological polar surface area (TPSA) is 9.23 Å². The second-order valence-corrected chi connectivity index (χ2v) is 4.97. The molecule has 0 fully saturated rings. The summed E-state index contributed by atoms with van der Waals surface area (Å²) in [6.07, 6.45) is 0.135. The first-order chi connectivity index (χ1) is 6.29. The molecule has 0 N–H and O–H groups in total. The summed E-state index contributed by atoms with van der Waals surface area (Å²) in [6.45, 7) is 0.692. The average molecular weight is 351 g/mol. The molecule has 1 aromatic rings. The molecule has 0 bridgehead atoms. The van der Waals surface area contributed by atoms with Crippen molar-refractivity contribution in [3.8, 4) is 0 Å². The molecule has 13 heavy (non-hydrogen) atoms. The van der Waals surface area contributed by atoms with Crippen molar-refractivity contribution < 1.29 is 4.74 Å². The van der Waals surface area contributed by atoms with Gasteiger partial charge in [0.2, 0.25) is 0 Å².